The number of ether oxygens (including phenoxy) is 1. The highest BCUT2D eigenvalue weighted by Crippen LogP contribution is 2.00. The quantitative estimate of drug-likeness (QED) is 0.710. The van der Waals surface area contributed by atoms with E-state index in [1.54, 1.807) is 19.2 Å². The molecule has 1 rings (SSSR count). The zero-order valence-electron chi connectivity index (χ0n) is 8.06. The largest absolute Gasteiger partial charge is 0.466 e. The summed E-state index contributed by atoms with van der Waals surface area (Å²) >= 11 is 0. The van der Waals surface area contributed by atoms with Gasteiger partial charge in [-0.15, -0.1) is 0 Å². The number of carbonyl (C=O) groups is 1. The van der Waals surface area contributed by atoms with Crippen LogP contribution in [0.1, 0.15) is 19.2 Å². The summed E-state index contributed by atoms with van der Waals surface area (Å²) < 4.78 is 4.77. The summed E-state index contributed by atoms with van der Waals surface area (Å²) in [7, 11) is 0. The van der Waals surface area contributed by atoms with Crippen LogP contribution in [0, 0.1) is 0 Å². The number of nitrogens with two attached hydrogens (primary N) is 1. The van der Waals surface area contributed by atoms with Crippen molar-refractivity contribution in [2.24, 2.45) is 0 Å². The maximum absolute atomic E-state index is 11.0. The number of hydrogen-bond acceptors (Lipinski definition) is 5. The Labute approximate surface area is 82.3 Å². The van der Waals surface area contributed by atoms with Gasteiger partial charge in [-0.25, -0.2) is 9.97 Å². The van der Waals surface area contributed by atoms with E-state index in [4.69, 9.17) is 10.5 Å². The molecule has 0 bridgehead atoms. The number of aryl methyl sites for hydroxylation is 1. The first-order valence-corrected chi connectivity index (χ1v) is 4.45. The van der Waals surface area contributed by atoms with Crippen molar-refractivity contribution in [3.8, 4) is 0 Å². The van der Waals surface area contributed by atoms with E-state index in [-0.39, 0.29) is 12.4 Å². The molecule has 0 radical (unpaired) electrons. The average Bonchev–Trinajstić information content (AvgIpc) is 2.15. The number of aromatic nitrogens is 2. The molecule has 0 saturated carbocycles. The molecule has 0 unspecified atom stereocenters. The Bertz CT molecular complexity index is 315. The first-order chi connectivity index (χ1) is 6.72. The van der Waals surface area contributed by atoms with Crippen molar-refractivity contribution in [1.29, 1.82) is 0 Å². The molecular weight excluding hydrogens is 182 g/mol. The summed E-state index contributed by atoms with van der Waals surface area (Å²) in [6, 6.07) is 1.61. The Kier molecular flexibility index (Phi) is 3.84. The van der Waals surface area contributed by atoms with Crippen molar-refractivity contribution in [2.75, 3.05) is 12.3 Å². The smallest absolute Gasteiger partial charge is 0.306 e. The van der Waals surface area contributed by atoms with Crippen LogP contribution in [0.15, 0.2) is 12.3 Å². The number of nitrogens with zero attached hydrogens (tertiary/aromatic N) is 2. The molecule has 0 spiro atoms. The second kappa shape index (κ2) is 5.16. The second-order valence-electron chi connectivity index (χ2n) is 2.70. The molecule has 5 heteroatoms. The molecule has 0 aliphatic carbocycles. The first-order valence-electron chi connectivity index (χ1n) is 4.45. The van der Waals surface area contributed by atoms with Gasteiger partial charge in [0.2, 0.25) is 0 Å². The third kappa shape index (κ3) is 3.38. The van der Waals surface area contributed by atoms with Crippen molar-refractivity contribution in [3.63, 3.8) is 0 Å². The van der Waals surface area contributed by atoms with Gasteiger partial charge >= 0.3 is 5.97 Å². The molecule has 0 amide bonds. The molecule has 0 fully saturated rings. The maximum Gasteiger partial charge on any atom is 0.306 e. The normalized spacial score (nSPS) is 9.79. The van der Waals surface area contributed by atoms with E-state index in [0.717, 1.165) is 0 Å². The van der Waals surface area contributed by atoms with Crippen LogP contribution in [-0.2, 0) is 16.0 Å². The van der Waals surface area contributed by atoms with Crippen molar-refractivity contribution >= 4 is 11.8 Å². The summed E-state index contributed by atoms with van der Waals surface area (Å²) in [6.45, 7) is 2.17. The Morgan fingerprint density at radius 1 is 1.64 bits per heavy atom. The molecule has 5 nitrogen and oxygen atoms in total. The van der Waals surface area contributed by atoms with Gasteiger partial charge in [0.15, 0.2) is 0 Å². The number of esters is 1. The van der Waals surface area contributed by atoms with Crippen LogP contribution in [0.5, 0.6) is 0 Å². The fourth-order valence-electron chi connectivity index (χ4n) is 0.982. The number of carbonyl (C=O) groups excluding carboxylic acids is 1. The maximum atomic E-state index is 11.0. The Morgan fingerprint density at radius 2 is 2.43 bits per heavy atom. The van der Waals surface area contributed by atoms with Gasteiger partial charge in [0, 0.05) is 12.6 Å². The van der Waals surface area contributed by atoms with Crippen molar-refractivity contribution in [3.05, 3.63) is 18.1 Å². The highest BCUT2D eigenvalue weighted by atomic mass is 16.5. The standard InChI is InChI=1S/C9H13N3O2/c1-2-14-9(13)4-3-8-11-6-5-7(10)12-8/h5-6H,2-4H2,1H3,(H2,10,11,12). The molecule has 0 atom stereocenters. The van der Waals surface area contributed by atoms with Crippen molar-refractivity contribution < 1.29 is 9.53 Å². The predicted molar refractivity (Wildman–Crippen MR) is 51.4 cm³/mol. The molecule has 1 aromatic rings. The molecular formula is C9H13N3O2. The molecule has 1 aromatic heterocycles. The van der Waals surface area contributed by atoms with E-state index in [9.17, 15) is 4.79 Å². The summed E-state index contributed by atoms with van der Waals surface area (Å²) in [5.41, 5.74) is 5.46. The molecule has 1 heterocycles. The van der Waals surface area contributed by atoms with E-state index in [0.29, 0.717) is 24.7 Å². The topological polar surface area (TPSA) is 78.1 Å². The fourth-order valence-corrected chi connectivity index (χ4v) is 0.982. The molecule has 0 aliphatic rings. The fraction of sp³-hybridized carbons (Fsp3) is 0.444. The van der Waals surface area contributed by atoms with Crippen LogP contribution >= 0.6 is 0 Å². The van der Waals surface area contributed by atoms with E-state index >= 15 is 0 Å². The number of hydrogen-bond donors (Lipinski definition) is 1. The number of rotatable bonds is 4. The summed E-state index contributed by atoms with van der Waals surface area (Å²) in [5, 5.41) is 0. The van der Waals surface area contributed by atoms with E-state index in [1.165, 1.54) is 0 Å². The summed E-state index contributed by atoms with van der Waals surface area (Å²) in [6.07, 6.45) is 2.32. The lowest BCUT2D eigenvalue weighted by Crippen LogP contribution is -2.07. The van der Waals surface area contributed by atoms with Gasteiger partial charge in [0.05, 0.1) is 13.0 Å². The third-order valence-electron chi connectivity index (χ3n) is 1.59. The van der Waals surface area contributed by atoms with Crippen LogP contribution in [0.25, 0.3) is 0 Å². The summed E-state index contributed by atoms with van der Waals surface area (Å²) in [5.74, 6) is 0.746. The van der Waals surface area contributed by atoms with E-state index in [1.807, 2.05) is 0 Å². The van der Waals surface area contributed by atoms with Gasteiger partial charge in [-0.2, -0.15) is 0 Å². The minimum atomic E-state index is -0.237. The number of anilines is 1. The number of nitrogen functional groups attached to an aromatic ring is 1. The SMILES string of the molecule is CCOC(=O)CCc1nccc(N)n1. The van der Waals surface area contributed by atoms with Crippen molar-refractivity contribution in [2.45, 2.75) is 19.8 Å². The van der Waals surface area contributed by atoms with Gasteiger partial charge in [0.1, 0.15) is 11.6 Å². The molecule has 0 aliphatic heterocycles. The second-order valence-corrected chi connectivity index (χ2v) is 2.70. The zero-order valence-corrected chi connectivity index (χ0v) is 8.06. The molecule has 76 valence electrons. The van der Waals surface area contributed by atoms with Gasteiger partial charge in [0.25, 0.3) is 0 Å². The predicted octanol–water partition coefficient (Wildman–Crippen LogP) is 0.555. The zero-order chi connectivity index (χ0) is 10.4. The van der Waals surface area contributed by atoms with Crippen LogP contribution in [0.3, 0.4) is 0 Å². The van der Waals surface area contributed by atoms with Crippen LogP contribution < -0.4 is 5.73 Å². The first kappa shape index (κ1) is 10.4. The van der Waals surface area contributed by atoms with Crippen molar-refractivity contribution in [1.82, 2.24) is 9.97 Å². The lowest BCUT2D eigenvalue weighted by molar-refractivity contribution is -0.143. The molecule has 14 heavy (non-hydrogen) atoms. The minimum absolute atomic E-state index is 0.237. The van der Waals surface area contributed by atoms with Gasteiger partial charge in [-0.05, 0) is 13.0 Å². The Hall–Kier alpha value is -1.65. The van der Waals surface area contributed by atoms with E-state index in [2.05, 4.69) is 9.97 Å². The lowest BCUT2D eigenvalue weighted by Gasteiger charge is -2.01. The van der Waals surface area contributed by atoms with E-state index < -0.39 is 0 Å². The molecule has 0 saturated heterocycles. The highest BCUT2D eigenvalue weighted by molar-refractivity contribution is 5.69. The monoisotopic (exact) mass is 195 g/mol. The Balaban J connectivity index is 2.41. The van der Waals surface area contributed by atoms with Crippen LogP contribution in [0.2, 0.25) is 0 Å². The third-order valence-corrected chi connectivity index (χ3v) is 1.59. The average molecular weight is 195 g/mol. The molecule has 2 N–H and O–H groups in total. The lowest BCUT2D eigenvalue weighted by atomic mass is 10.3. The van der Waals surface area contributed by atoms with Crippen LogP contribution in [-0.4, -0.2) is 22.5 Å². The minimum Gasteiger partial charge on any atom is -0.466 e. The Morgan fingerprint density at radius 3 is 3.07 bits per heavy atom. The van der Waals surface area contributed by atoms with Gasteiger partial charge < -0.3 is 10.5 Å². The van der Waals surface area contributed by atoms with Gasteiger partial charge in [-0.3, -0.25) is 4.79 Å². The molecule has 0 aromatic carbocycles. The summed E-state index contributed by atoms with van der Waals surface area (Å²) in [4.78, 5) is 18.9. The highest BCUT2D eigenvalue weighted by Gasteiger charge is 2.04. The van der Waals surface area contributed by atoms with Crippen LogP contribution in [0.4, 0.5) is 5.82 Å². The van der Waals surface area contributed by atoms with Gasteiger partial charge in [-0.1, -0.05) is 0 Å².